The van der Waals surface area contributed by atoms with Gasteiger partial charge < -0.3 is 15.4 Å². The van der Waals surface area contributed by atoms with Gasteiger partial charge in [0.25, 0.3) is 5.91 Å². The van der Waals surface area contributed by atoms with Gasteiger partial charge in [-0.05, 0) is 49.2 Å². The summed E-state index contributed by atoms with van der Waals surface area (Å²) < 4.78 is 5.37. The van der Waals surface area contributed by atoms with E-state index in [1.807, 2.05) is 50.2 Å². The standard InChI is InChI=1S/C21H21ClN4O2/c1-13-8-9-19(28-3)17(10-13)25-21-24-14(2)11-18(26-21)20(27)23-12-15-6-4-5-7-16(15)22/h4-11H,12H2,1-3H3,(H,23,27)(H,24,25,26). The van der Waals surface area contributed by atoms with E-state index in [1.165, 1.54) is 0 Å². The molecule has 0 saturated heterocycles. The molecular formula is C21H21ClN4O2. The molecule has 3 aromatic rings. The van der Waals surface area contributed by atoms with Gasteiger partial charge in [-0.15, -0.1) is 0 Å². The molecule has 0 aliphatic rings. The number of anilines is 2. The Labute approximate surface area is 168 Å². The third-order valence-electron chi connectivity index (χ3n) is 4.09. The SMILES string of the molecule is COc1ccc(C)cc1Nc1nc(C)cc(C(=O)NCc2ccccc2Cl)n1. The third kappa shape index (κ3) is 4.78. The van der Waals surface area contributed by atoms with E-state index in [-0.39, 0.29) is 11.6 Å². The molecule has 6 nitrogen and oxygen atoms in total. The van der Waals surface area contributed by atoms with Crippen LogP contribution in [-0.4, -0.2) is 23.0 Å². The number of aryl methyl sites for hydroxylation is 2. The Morgan fingerprint density at radius 2 is 1.89 bits per heavy atom. The van der Waals surface area contributed by atoms with Crippen LogP contribution in [0.3, 0.4) is 0 Å². The lowest BCUT2D eigenvalue weighted by molar-refractivity contribution is 0.0946. The zero-order chi connectivity index (χ0) is 20.1. The van der Waals surface area contributed by atoms with Gasteiger partial charge in [-0.3, -0.25) is 4.79 Å². The number of nitrogens with one attached hydrogen (secondary N) is 2. The van der Waals surface area contributed by atoms with Crippen LogP contribution in [0.25, 0.3) is 0 Å². The van der Waals surface area contributed by atoms with Gasteiger partial charge in [-0.2, -0.15) is 0 Å². The summed E-state index contributed by atoms with van der Waals surface area (Å²) in [5, 5.41) is 6.58. The number of halogens is 1. The van der Waals surface area contributed by atoms with E-state index in [1.54, 1.807) is 19.2 Å². The van der Waals surface area contributed by atoms with E-state index in [2.05, 4.69) is 20.6 Å². The molecule has 0 aliphatic heterocycles. The van der Waals surface area contributed by atoms with Crippen molar-refractivity contribution in [2.75, 3.05) is 12.4 Å². The van der Waals surface area contributed by atoms with E-state index < -0.39 is 0 Å². The van der Waals surface area contributed by atoms with E-state index in [0.29, 0.717) is 29.0 Å². The molecule has 0 atom stereocenters. The molecule has 28 heavy (non-hydrogen) atoms. The topological polar surface area (TPSA) is 76.1 Å². The van der Waals surface area contributed by atoms with Crippen LogP contribution < -0.4 is 15.4 Å². The third-order valence-corrected chi connectivity index (χ3v) is 4.45. The van der Waals surface area contributed by atoms with E-state index in [4.69, 9.17) is 16.3 Å². The first-order valence-corrected chi connectivity index (χ1v) is 9.13. The minimum atomic E-state index is -0.301. The number of methoxy groups -OCH3 is 1. The van der Waals surface area contributed by atoms with Crippen molar-refractivity contribution in [3.8, 4) is 5.75 Å². The second-order valence-electron chi connectivity index (χ2n) is 6.32. The molecular weight excluding hydrogens is 376 g/mol. The number of benzene rings is 2. The molecule has 1 amide bonds. The molecule has 0 spiro atoms. The minimum Gasteiger partial charge on any atom is -0.495 e. The Bertz CT molecular complexity index is 1010. The number of hydrogen-bond donors (Lipinski definition) is 2. The predicted molar refractivity (Wildman–Crippen MR) is 110 cm³/mol. The number of rotatable bonds is 6. The predicted octanol–water partition coefficient (Wildman–Crippen LogP) is 4.43. The van der Waals surface area contributed by atoms with Gasteiger partial charge in [0, 0.05) is 17.3 Å². The average Bonchev–Trinajstić information content (AvgIpc) is 2.67. The van der Waals surface area contributed by atoms with Crippen LogP contribution in [0.2, 0.25) is 5.02 Å². The number of ether oxygens (including phenoxy) is 1. The van der Waals surface area contributed by atoms with Crippen LogP contribution in [0.1, 0.15) is 27.3 Å². The summed E-state index contributed by atoms with van der Waals surface area (Å²) in [7, 11) is 1.60. The van der Waals surface area contributed by atoms with Gasteiger partial charge in [0.15, 0.2) is 0 Å². The van der Waals surface area contributed by atoms with E-state index in [0.717, 1.165) is 16.8 Å². The molecule has 0 radical (unpaired) electrons. The second-order valence-corrected chi connectivity index (χ2v) is 6.73. The van der Waals surface area contributed by atoms with Crippen molar-refractivity contribution in [3.05, 3.63) is 76.1 Å². The Hall–Kier alpha value is -3.12. The Morgan fingerprint density at radius 1 is 1.11 bits per heavy atom. The Morgan fingerprint density at radius 3 is 2.64 bits per heavy atom. The quantitative estimate of drug-likeness (QED) is 0.644. The van der Waals surface area contributed by atoms with Crippen LogP contribution in [0.15, 0.2) is 48.5 Å². The van der Waals surface area contributed by atoms with Crippen molar-refractivity contribution in [3.63, 3.8) is 0 Å². The smallest absolute Gasteiger partial charge is 0.270 e. The highest BCUT2D eigenvalue weighted by molar-refractivity contribution is 6.31. The first-order chi connectivity index (χ1) is 13.5. The zero-order valence-electron chi connectivity index (χ0n) is 15.9. The van der Waals surface area contributed by atoms with Crippen molar-refractivity contribution >= 4 is 29.1 Å². The van der Waals surface area contributed by atoms with Crippen molar-refractivity contribution in [1.82, 2.24) is 15.3 Å². The summed E-state index contributed by atoms with van der Waals surface area (Å²) in [6, 6.07) is 14.8. The fraction of sp³-hybridized carbons (Fsp3) is 0.190. The average molecular weight is 397 g/mol. The lowest BCUT2D eigenvalue weighted by Gasteiger charge is -2.12. The lowest BCUT2D eigenvalue weighted by Crippen LogP contribution is -2.24. The summed E-state index contributed by atoms with van der Waals surface area (Å²) >= 11 is 6.14. The Kier molecular flexibility index (Phi) is 6.11. The molecule has 2 N–H and O–H groups in total. The molecule has 0 bridgehead atoms. The van der Waals surface area contributed by atoms with E-state index >= 15 is 0 Å². The van der Waals surface area contributed by atoms with Crippen LogP contribution in [0.5, 0.6) is 5.75 Å². The van der Waals surface area contributed by atoms with Gasteiger partial charge >= 0.3 is 0 Å². The van der Waals surface area contributed by atoms with Gasteiger partial charge in [-0.25, -0.2) is 9.97 Å². The van der Waals surface area contributed by atoms with Crippen LogP contribution in [0.4, 0.5) is 11.6 Å². The normalized spacial score (nSPS) is 10.4. The summed E-state index contributed by atoms with van der Waals surface area (Å²) in [4.78, 5) is 21.3. The summed E-state index contributed by atoms with van der Waals surface area (Å²) in [6.07, 6.45) is 0. The molecule has 0 saturated carbocycles. The van der Waals surface area contributed by atoms with E-state index in [9.17, 15) is 4.79 Å². The van der Waals surface area contributed by atoms with Crippen molar-refractivity contribution in [2.45, 2.75) is 20.4 Å². The van der Waals surface area contributed by atoms with Crippen LogP contribution >= 0.6 is 11.6 Å². The fourth-order valence-electron chi connectivity index (χ4n) is 2.69. The molecule has 7 heteroatoms. The van der Waals surface area contributed by atoms with Gasteiger partial charge in [-0.1, -0.05) is 35.9 Å². The molecule has 0 fully saturated rings. The van der Waals surface area contributed by atoms with Crippen LogP contribution in [-0.2, 0) is 6.54 Å². The largest absolute Gasteiger partial charge is 0.495 e. The first kappa shape index (κ1) is 19.6. The summed E-state index contributed by atoms with van der Waals surface area (Å²) in [5.74, 6) is 0.692. The van der Waals surface area contributed by atoms with Crippen molar-refractivity contribution in [2.24, 2.45) is 0 Å². The molecule has 144 valence electrons. The highest BCUT2D eigenvalue weighted by Crippen LogP contribution is 2.27. The first-order valence-electron chi connectivity index (χ1n) is 8.75. The van der Waals surface area contributed by atoms with Crippen LogP contribution in [0, 0.1) is 13.8 Å². The number of aromatic nitrogens is 2. The van der Waals surface area contributed by atoms with Crippen molar-refractivity contribution < 1.29 is 9.53 Å². The minimum absolute atomic E-state index is 0.272. The fourth-order valence-corrected chi connectivity index (χ4v) is 2.89. The molecule has 1 aromatic heterocycles. The highest BCUT2D eigenvalue weighted by atomic mass is 35.5. The number of carbonyl (C=O) groups excluding carboxylic acids is 1. The molecule has 2 aromatic carbocycles. The maximum atomic E-state index is 12.6. The van der Waals surface area contributed by atoms with Gasteiger partial charge in [0.2, 0.25) is 5.95 Å². The highest BCUT2D eigenvalue weighted by Gasteiger charge is 2.13. The Balaban J connectivity index is 1.78. The summed E-state index contributed by atoms with van der Waals surface area (Å²) in [6.45, 7) is 4.11. The number of hydrogen-bond acceptors (Lipinski definition) is 5. The molecule has 3 rings (SSSR count). The molecule has 0 unspecified atom stereocenters. The number of carbonyl (C=O) groups is 1. The number of amides is 1. The maximum absolute atomic E-state index is 12.6. The zero-order valence-corrected chi connectivity index (χ0v) is 16.7. The number of nitrogens with zero attached hydrogens (tertiary/aromatic N) is 2. The van der Waals surface area contributed by atoms with Crippen molar-refractivity contribution in [1.29, 1.82) is 0 Å². The van der Waals surface area contributed by atoms with Gasteiger partial charge in [0.05, 0.1) is 12.8 Å². The maximum Gasteiger partial charge on any atom is 0.270 e. The second kappa shape index (κ2) is 8.71. The van der Waals surface area contributed by atoms with Gasteiger partial charge in [0.1, 0.15) is 11.4 Å². The summed E-state index contributed by atoms with van der Waals surface area (Å²) in [5.41, 5.74) is 3.58. The molecule has 1 heterocycles. The lowest BCUT2D eigenvalue weighted by atomic mass is 10.2. The molecule has 0 aliphatic carbocycles. The monoisotopic (exact) mass is 396 g/mol.